The van der Waals surface area contributed by atoms with E-state index in [4.69, 9.17) is 4.74 Å². The van der Waals surface area contributed by atoms with Gasteiger partial charge >= 0.3 is 0 Å². The molecular formula is C16H11NO2. The number of nitrogens with zero attached hydrogens (tertiary/aromatic N) is 1. The van der Waals surface area contributed by atoms with Crippen LogP contribution in [0.1, 0.15) is 10.4 Å². The van der Waals surface area contributed by atoms with Crippen molar-refractivity contribution in [3.63, 3.8) is 0 Å². The molecule has 0 saturated carbocycles. The largest absolute Gasteiger partial charge is 0.455 e. The van der Waals surface area contributed by atoms with Crippen molar-refractivity contribution in [3.05, 3.63) is 66.4 Å². The van der Waals surface area contributed by atoms with Crippen molar-refractivity contribution < 1.29 is 9.53 Å². The molecule has 1 aromatic heterocycles. The Morgan fingerprint density at radius 2 is 1.84 bits per heavy atom. The van der Waals surface area contributed by atoms with Crippen LogP contribution in [0.4, 0.5) is 0 Å². The molecule has 0 spiro atoms. The molecule has 3 nitrogen and oxygen atoms in total. The third-order valence-electron chi connectivity index (χ3n) is 2.82. The van der Waals surface area contributed by atoms with Crippen molar-refractivity contribution in [1.29, 1.82) is 0 Å². The monoisotopic (exact) mass is 249 g/mol. The average molecular weight is 249 g/mol. The molecule has 0 radical (unpaired) electrons. The molecular weight excluding hydrogens is 238 g/mol. The normalized spacial score (nSPS) is 10.3. The Bertz CT molecular complexity index is 732. The van der Waals surface area contributed by atoms with Gasteiger partial charge in [0.15, 0.2) is 5.75 Å². The predicted molar refractivity (Wildman–Crippen MR) is 73.6 cm³/mol. The predicted octanol–water partition coefficient (Wildman–Crippen LogP) is 3.84. The molecule has 0 atom stereocenters. The third-order valence-corrected chi connectivity index (χ3v) is 2.82. The van der Waals surface area contributed by atoms with Crippen LogP contribution in [0, 0.1) is 0 Å². The van der Waals surface area contributed by atoms with Gasteiger partial charge in [-0.1, -0.05) is 30.3 Å². The first-order valence-corrected chi connectivity index (χ1v) is 5.94. The number of carbonyl (C=O) groups excluding carboxylic acids is 1. The number of hydrogen-bond donors (Lipinski definition) is 0. The summed E-state index contributed by atoms with van der Waals surface area (Å²) >= 11 is 0. The number of pyridine rings is 1. The van der Waals surface area contributed by atoms with E-state index in [9.17, 15) is 4.79 Å². The number of rotatable bonds is 3. The zero-order valence-corrected chi connectivity index (χ0v) is 10.1. The zero-order valence-electron chi connectivity index (χ0n) is 10.1. The molecule has 92 valence electrons. The third kappa shape index (κ3) is 2.31. The van der Waals surface area contributed by atoms with Crippen LogP contribution in [0.25, 0.3) is 10.9 Å². The molecule has 2 aromatic carbocycles. The topological polar surface area (TPSA) is 39.2 Å². The van der Waals surface area contributed by atoms with Crippen LogP contribution < -0.4 is 4.74 Å². The second-order valence-electron chi connectivity index (χ2n) is 4.12. The highest BCUT2D eigenvalue weighted by molar-refractivity contribution is 5.84. The summed E-state index contributed by atoms with van der Waals surface area (Å²) in [5, 5.41) is 1.02. The standard InChI is InChI=1S/C16H11NO2/c18-11-12-4-1-7-14(10-12)19-15-8-2-5-13-6-3-9-17-16(13)15/h1-11H. The molecule has 0 amide bonds. The Morgan fingerprint density at radius 1 is 1.00 bits per heavy atom. The maximum atomic E-state index is 10.8. The van der Waals surface area contributed by atoms with Crippen LogP contribution >= 0.6 is 0 Å². The Balaban J connectivity index is 2.03. The highest BCUT2D eigenvalue weighted by atomic mass is 16.5. The maximum Gasteiger partial charge on any atom is 0.153 e. The molecule has 0 bridgehead atoms. The van der Waals surface area contributed by atoms with E-state index in [-0.39, 0.29) is 0 Å². The van der Waals surface area contributed by atoms with E-state index >= 15 is 0 Å². The molecule has 0 aliphatic rings. The quantitative estimate of drug-likeness (QED) is 0.662. The van der Waals surface area contributed by atoms with Gasteiger partial charge in [-0.15, -0.1) is 0 Å². The Kier molecular flexibility index (Phi) is 2.94. The van der Waals surface area contributed by atoms with Gasteiger partial charge in [-0.25, -0.2) is 0 Å². The van der Waals surface area contributed by atoms with E-state index in [1.165, 1.54) is 0 Å². The molecule has 1 heterocycles. The number of hydrogen-bond acceptors (Lipinski definition) is 3. The molecule has 3 aromatic rings. The van der Waals surface area contributed by atoms with E-state index in [0.29, 0.717) is 17.1 Å². The molecule has 0 aliphatic carbocycles. The lowest BCUT2D eigenvalue weighted by atomic mass is 10.2. The Labute approximate surface area is 110 Å². The lowest BCUT2D eigenvalue weighted by Crippen LogP contribution is -1.89. The molecule has 3 rings (SSSR count). The molecule has 0 unspecified atom stereocenters. The van der Waals surface area contributed by atoms with E-state index < -0.39 is 0 Å². The van der Waals surface area contributed by atoms with E-state index in [0.717, 1.165) is 17.2 Å². The fraction of sp³-hybridized carbons (Fsp3) is 0. The first-order valence-electron chi connectivity index (χ1n) is 5.94. The van der Waals surface area contributed by atoms with Gasteiger partial charge in [0.2, 0.25) is 0 Å². The lowest BCUT2D eigenvalue weighted by Gasteiger charge is -2.08. The molecule has 0 saturated heterocycles. The second-order valence-corrected chi connectivity index (χ2v) is 4.12. The van der Waals surface area contributed by atoms with Crippen molar-refractivity contribution >= 4 is 17.2 Å². The summed E-state index contributed by atoms with van der Waals surface area (Å²) in [6.07, 6.45) is 2.53. The van der Waals surface area contributed by atoms with Crippen LogP contribution in [0.5, 0.6) is 11.5 Å². The van der Waals surface area contributed by atoms with Crippen LogP contribution in [0.2, 0.25) is 0 Å². The summed E-state index contributed by atoms with van der Waals surface area (Å²) in [6.45, 7) is 0. The van der Waals surface area contributed by atoms with Crippen molar-refractivity contribution in [2.24, 2.45) is 0 Å². The lowest BCUT2D eigenvalue weighted by molar-refractivity contribution is 0.112. The number of carbonyl (C=O) groups is 1. The summed E-state index contributed by atoms with van der Waals surface area (Å²) in [6, 6.07) is 16.7. The van der Waals surface area contributed by atoms with E-state index in [2.05, 4.69) is 4.98 Å². The summed E-state index contributed by atoms with van der Waals surface area (Å²) < 4.78 is 5.81. The van der Waals surface area contributed by atoms with Crippen LogP contribution in [-0.2, 0) is 0 Å². The number of fused-ring (bicyclic) bond motifs is 1. The maximum absolute atomic E-state index is 10.8. The van der Waals surface area contributed by atoms with Gasteiger partial charge in [-0.3, -0.25) is 9.78 Å². The van der Waals surface area contributed by atoms with Crippen LogP contribution in [-0.4, -0.2) is 11.3 Å². The number of benzene rings is 2. The molecule has 3 heteroatoms. The van der Waals surface area contributed by atoms with Gasteiger partial charge in [-0.2, -0.15) is 0 Å². The van der Waals surface area contributed by atoms with E-state index in [1.807, 2.05) is 36.4 Å². The molecule has 19 heavy (non-hydrogen) atoms. The van der Waals surface area contributed by atoms with Crippen LogP contribution in [0.3, 0.4) is 0 Å². The van der Waals surface area contributed by atoms with Gasteiger partial charge in [0, 0.05) is 17.1 Å². The minimum atomic E-state index is 0.589. The number of aromatic nitrogens is 1. The molecule has 0 N–H and O–H groups in total. The minimum Gasteiger partial charge on any atom is -0.455 e. The Hall–Kier alpha value is -2.68. The number of para-hydroxylation sites is 1. The van der Waals surface area contributed by atoms with Gasteiger partial charge in [-0.05, 0) is 24.3 Å². The fourth-order valence-electron chi connectivity index (χ4n) is 1.94. The van der Waals surface area contributed by atoms with Gasteiger partial charge in [0.1, 0.15) is 17.6 Å². The summed E-state index contributed by atoms with van der Waals surface area (Å²) in [4.78, 5) is 15.1. The Morgan fingerprint density at radius 3 is 2.74 bits per heavy atom. The van der Waals surface area contributed by atoms with Gasteiger partial charge < -0.3 is 4.74 Å². The van der Waals surface area contributed by atoms with Crippen molar-refractivity contribution in [1.82, 2.24) is 4.98 Å². The van der Waals surface area contributed by atoms with Crippen LogP contribution in [0.15, 0.2) is 60.8 Å². The second kappa shape index (κ2) is 4.90. The molecule has 0 aliphatic heterocycles. The SMILES string of the molecule is O=Cc1cccc(Oc2cccc3cccnc23)c1. The minimum absolute atomic E-state index is 0.589. The number of ether oxygens (including phenoxy) is 1. The van der Waals surface area contributed by atoms with Crippen molar-refractivity contribution in [2.45, 2.75) is 0 Å². The smallest absolute Gasteiger partial charge is 0.153 e. The zero-order chi connectivity index (χ0) is 13.1. The van der Waals surface area contributed by atoms with Gasteiger partial charge in [0.25, 0.3) is 0 Å². The van der Waals surface area contributed by atoms with E-state index in [1.54, 1.807) is 24.4 Å². The summed E-state index contributed by atoms with van der Waals surface area (Å²) in [5.74, 6) is 1.31. The summed E-state index contributed by atoms with van der Waals surface area (Å²) in [5.41, 5.74) is 1.40. The summed E-state index contributed by atoms with van der Waals surface area (Å²) in [7, 11) is 0. The fourth-order valence-corrected chi connectivity index (χ4v) is 1.94. The van der Waals surface area contributed by atoms with Crippen molar-refractivity contribution in [3.8, 4) is 11.5 Å². The highest BCUT2D eigenvalue weighted by Gasteiger charge is 2.04. The number of aldehydes is 1. The first-order chi connectivity index (χ1) is 9.36. The van der Waals surface area contributed by atoms with Gasteiger partial charge in [0.05, 0.1) is 0 Å². The molecule has 0 fully saturated rings. The first kappa shape index (κ1) is 11.4. The highest BCUT2D eigenvalue weighted by Crippen LogP contribution is 2.28. The average Bonchev–Trinajstić information content (AvgIpc) is 2.48. The van der Waals surface area contributed by atoms with Crippen molar-refractivity contribution in [2.75, 3.05) is 0 Å².